The van der Waals surface area contributed by atoms with Crippen molar-refractivity contribution in [3.8, 4) is 0 Å². The van der Waals surface area contributed by atoms with Gasteiger partial charge in [-0.2, -0.15) is 0 Å². The van der Waals surface area contributed by atoms with E-state index in [0.29, 0.717) is 19.5 Å². The average molecular weight is 340 g/mol. The number of carbonyl (C=O) groups is 1. The van der Waals surface area contributed by atoms with Crippen LogP contribution in [0.1, 0.15) is 26.0 Å². The van der Waals surface area contributed by atoms with Crippen LogP contribution < -0.4 is 10.6 Å². The number of halogens is 1. The molecule has 0 atom stereocenters. The van der Waals surface area contributed by atoms with Crippen molar-refractivity contribution < 1.29 is 4.79 Å². The number of hydrogen-bond donors (Lipinski definition) is 2. The van der Waals surface area contributed by atoms with E-state index in [4.69, 9.17) is 0 Å². The van der Waals surface area contributed by atoms with Gasteiger partial charge in [0.2, 0.25) is 5.91 Å². The summed E-state index contributed by atoms with van der Waals surface area (Å²) in [5, 5.41) is 6.11. The lowest BCUT2D eigenvalue weighted by atomic mass is 10.3. The Morgan fingerprint density at radius 3 is 2.95 bits per heavy atom. The maximum Gasteiger partial charge on any atom is 0.221 e. The topological polar surface area (TPSA) is 71.3 Å². The highest BCUT2D eigenvalue weighted by molar-refractivity contribution is 9.10. The Morgan fingerprint density at radius 2 is 2.20 bits per heavy atom. The molecule has 0 aliphatic heterocycles. The van der Waals surface area contributed by atoms with E-state index < -0.39 is 0 Å². The van der Waals surface area contributed by atoms with Gasteiger partial charge in [0.05, 0.1) is 18.1 Å². The zero-order valence-corrected chi connectivity index (χ0v) is 13.1. The van der Waals surface area contributed by atoms with E-state index in [9.17, 15) is 4.79 Å². The van der Waals surface area contributed by atoms with Crippen molar-refractivity contribution in [3.63, 3.8) is 0 Å². The molecule has 0 saturated heterocycles. The Balaban J connectivity index is 1.84. The number of nitrogens with zero attached hydrogens (tertiary/aromatic N) is 3. The largest absolute Gasteiger partial charge is 0.354 e. The molecule has 2 N–H and O–H groups in total. The summed E-state index contributed by atoms with van der Waals surface area (Å²) in [6.45, 7) is 5.20. The summed E-state index contributed by atoms with van der Waals surface area (Å²) in [7, 11) is 0. The number of nitrogens with one attached hydrogen (secondary N) is 2. The summed E-state index contributed by atoms with van der Waals surface area (Å²) in [5.41, 5.74) is 1.84. The SMILES string of the molecule is CC(C)NC(=O)CCNCc1cnc2cnc(Br)cn12. The minimum Gasteiger partial charge on any atom is -0.354 e. The number of imidazole rings is 1. The van der Waals surface area contributed by atoms with Gasteiger partial charge in [-0.1, -0.05) is 0 Å². The molecule has 0 spiro atoms. The van der Waals surface area contributed by atoms with Gasteiger partial charge in [-0.05, 0) is 29.8 Å². The van der Waals surface area contributed by atoms with Crippen molar-refractivity contribution in [1.29, 1.82) is 0 Å². The van der Waals surface area contributed by atoms with Crippen LogP contribution in [-0.4, -0.2) is 32.9 Å². The summed E-state index contributed by atoms with van der Waals surface area (Å²) in [6, 6.07) is 0.186. The molecule has 0 aliphatic rings. The number of amides is 1. The zero-order chi connectivity index (χ0) is 14.5. The summed E-state index contributed by atoms with van der Waals surface area (Å²) in [6.07, 6.45) is 5.87. The molecule has 20 heavy (non-hydrogen) atoms. The standard InChI is InChI=1S/C13H18BrN5O/c1-9(2)18-13(20)3-4-15-5-10-6-17-12-7-16-11(14)8-19(10)12/h6-9,15H,3-5H2,1-2H3,(H,18,20). The van der Waals surface area contributed by atoms with Crippen LogP contribution in [0.4, 0.5) is 0 Å². The molecule has 0 unspecified atom stereocenters. The fourth-order valence-corrected chi connectivity index (χ4v) is 2.17. The highest BCUT2D eigenvalue weighted by Crippen LogP contribution is 2.10. The lowest BCUT2D eigenvalue weighted by Crippen LogP contribution is -2.32. The molecule has 0 radical (unpaired) electrons. The van der Waals surface area contributed by atoms with Gasteiger partial charge in [0, 0.05) is 31.7 Å². The van der Waals surface area contributed by atoms with Crippen LogP contribution in [0.3, 0.4) is 0 Å². The molecule has 0 saturated carbocycles. The molecule has 2 heterocycles. The molecule has 0 fully saturated rings. The van der Waals surface area contributed by atoms with Crippen LogP contribution >= 0.6 is 15.9 Å². The molecule has 0 bridgehead atoms. The predicted molar refractivity (Wildman–Crippen MR) is 80.3 cm³/mol. The Kier molecular flexibility index (Phi) is 5.08. The van der Waals surface area contributed by atoms with E-state index in [1.54, 1.807) is 6.20 Å². The Morgan fingerprint density at radius 1 is 1.40 bits per heavy atom. The van der Waals surface area contributed by atoms with Gasteiger partial charge < -0.3 is 10.6 Å². The Labute approximate surface area is 126 Å². The molecular formula is C13H18BrN5O. The van der Waals surface area contributed by atoms with Crippen LogP contribution in [0.15, 0.2) is 23.2 Å². The van der Waals surface area contributed by atoms with E-state index in [-0.39, 0.29) is 11.9 Å². The normalized spacial score (nSPS) is 11.2. The molecule has 2 rings (SSSR count). The van der Waals surface area contributed by atoms with Gasteiger partial charge in [0.1, 0.15) is 4.60 Å². The number of carbonyl (C=O) groups excluding carboxylic acids is 1. The summed E-state index contributed by atoms with van der Waals surface area (Å²) < 4.78 is 2.73. The highest BCUT2D eigenvalue weighted by atomic mass is 79.9. The van der Waals surface area contributed by atoms with E-state index in [1.165, 1.54) is 0 Å². The third-order valence-corrected chi connectivity index (χ3v) is 3.14. The number of fused-ring (bicyclic) bond motifs is 1. The quantitative estimate of drug-likeness (QED) is 0.782. The summed E-state index contributed by atoms with van der Waals surface area (Å²) in [5.74, 6) is 0.0672. The molecular weight excluding hydrogens is 322 g/mol. The second-order valence-corrected chi connectivity index (χ2v) is 5.65. The smallest absolute Gasteiger partial charge is 0.221 e. The molecule has 2 aromatic rings. The third-order valence-electron chi connectivity index (χ3n) is 2.73. The maximum atomic E-state index is 11.5. The lowest BCUT2D eigenvalue weighted by Gasteiger charge is -2.08. The number of rotatable bonds is 6. The van der Waals surface area contributed by atoms with Gasteiger partial charge in [0.25, 0.3) is 0 Å². The first kappa shape index (κ1) is 14.9. The summed E-state index contributed by atoms with van der Waals surface area (Å²) >= 11 is 3.34. The second kappa shape index (κ2) is 6.81. The minimum absolute atomic E-state index is 0.0672. The van der Waals surface area contributed by atoms with Crippen molar-refractivity contribution in [2.45, 2.75) is 32.9 Å². The first-order valence-corrected chi connectivity index (χ1v) is 7.33. The highest BCUT2D eigenvalue weighted by Gasteiger charge is 2.05. The van der Waals surface area contributed by atoms with Crippen LogP contribution in [0.25, 0.3) is 5.65 Å². The number of aromatic nitrogens is 3. The Hall–Kier alpha value is -1.47. The first-order chi connectivity index (χ1) is 9.56. The van der Waals surface area contributed by atoms with E-state index >= 15 is 0 Å². The molecule has 1 amide bonds. The molecule has 6 nitrogen and oxygen atoms in total. The average Bonchev–Trinajstić information content (AvgIpc) is 2.76. The van der Waals surface area contributed by atoms with Crippen molar-refractivity contribution in [1.82, 2.24) is 25.0 Å². The predicted octanol–water partition coefficient (Wildman–Crippen LogP) is 1.50. The van der Waals surface area contributed by atoms with Crippen LogP contribution in [-0.2, 0) is 11.3 Å². The molecule has 0 aromatic carbocycles. The van der Waals surface area contributed by atoms with Gasteiger partial charge in [-0.15, -0.1) is 0 Å². The Bertz CT molecular complexity index is 595. The minimum atomic E-state index is 0.0672. The second-order valence-electron chi connectivity index (χ2n) is 4.84. The molecule has 108 valence electrons. The van der Waals surface area contributed by atoms with Crippen molar-refractivity contribution in [2.75, 3.05) is 6.54 Å². The molecule has 2 aromatic heterocycles. The zero-order valence-electron chi connectivity index (χ0n) is 11.6. The van der Waals surface area contributed by atoms with Crippen molar-refractivity contribution >= 4 is 27.5 Å². The van der Waals surface area contributed by atoms with Gasteiger partial charge >= 0.3 is 0 Å². The monoisotopic (exact) mass is 339 g/mol. The van der Waals surface area contributed by atoms with Gasteiger partial charge in [-0.3, -0.25) is 9.20 Å². The third kappa shape index (κ3) is 4.01. The number of hydrogen-bond acceptors (Lipinski definition) is 4. The molecule has 0 aliphatic carbocycles. The fourth-order valence-electron chi connectivity index (χ4n) is 1.86. The van der Waals surface area contributed by atoms with E-state index in [2.05, 4.69) is 36.5 Å². The van der Waals surface area contributed by atoms with Crippen LogP contribution in [0, 0.1) is 0 Å². The van der Waals surface area contributed by atoms with E-state index in [0.717, 1.165) is 15.9 Å². The van der Waals surface area contributed by atoms with Crippen molar-refractivity contribution in [2.24, 2.45) is 0 Å². The molecule has 7 heteroatoms. The fraction of sp³-hybridized carbons (Fsp3) is 0.462. The van der Waals surface area contributed by atoms with E-state index in [1.807, 2.05) is 30.6 Å². The van der Waals surface area contributed by atoms with Crippen molar-refractivity contribution in [3.05, 3.63) is 28.9 Å². The lowest BCUT2D eigenvalue weighted by molar-refractivity contribution is -0.121. The first-order valence-electron chi connectivity index (χ1n) is 6.54. The van der Waals surface area contributed by atoms with Gasteiger partial charge in [-0.25, -0.2) is 9.97 Å². The maximum absolute atomic E-state index is 11.5. The van der Waals surface area contributed by atoms with Gasteiger partial charge in [0.15, 0.2) is 5.65 Å². The summed E-state index contributed by atoms with van der Waals surface area (Å²) in [4.78, 5) is 19.9. The van der Waals surface area contributed by atoms with Crippen LogP contribution in [0.2, 0.25) is 0 Å². The van der Waals surface area contributed by atoms with Crippen LogP contribution in [0.5, 0.6) is 0 Å².